The fraction of sp³-hybridized carbons (Fsp3) is 0.111. The summed E-state index contributed by atoms with van der Waals surface area (Å²) in [6.45, 7) is 3.74. The number of nitrogens with zero attached hydrogens (tertiary/aromatic N) is 16. The summed E-state index contributed by atoms with van der Waals surface area (Å²) in [5.41, 5.74) is 27.8. The Kier molecular flexibility index (Phi) is 16.1. The van der Waals surface area contributed by atoms with Crippen molar-refractivity contribution in [3.63, 3.8) is 0 Å². The minimum absolute atomic E-state index is 0.930. The van der Waals surface area contributed by atoms with Crippen molar-refractivity contribution in [3.8, 4) is 45.5 Å². The zero-order chi connectivity index (χ0) is 70.6. The van der Waals surface area contributed by atoms with E-state index in [0.717, 1.165) is 119 Å². The van der Waals surface area contributed by atoms with E-state index in [1.54, 1.807) is 0 Å². The van der Waals surface area contributed by atoms with E-state index in [-0.39, 0.29) is 0 Å². The molecule has 16 nitrogen and oxygen atoms in total. The van der Waals surface area contributed by atoms with Crippen LogP contribution >= 0.6 is 0 Å². The van der Waals surface area contributed by atoms with E-state index in [1.165, 1.54) is 66.2 Å². The summed E-state index contributed by atoms with van der Waals surface area (Å²) in [5.74, 6) is 0. The molecule has 0 radical (unpaired) electrons. The number of aromatic nitrogens is 16. The van der Waals surface area contributed by atoms with E-state index in [2.05, 4.69) is 405 Å². The van der Waals surface area contributed by atoms with Gasteiger partial charge in [0.2, 0.25) is 38.0 Å². The molecule has 16 heteroatoms. The zero-order valence-corrected chi connectivity index (χ0v) is 59.1. The number of hydrogen-bond donors (Lipinski definition) is 0. The smallest absolute Gasteiger partial charge is 0.249 e. The van der Waals surface area contributed by atoms with E-state index in [9.17, 15) is 0 Å². The Hall–Kier alpha value is -13.6. The number of unbranched alkanes of at least 4 members (excludes halogenated alkanes) is 2. The van der Waals surface area contributed by atoms with Gasteiger partial charge in [0.1, 0.15) is 46.8 Å². The van der Waals surface area contributed by atoms with Gasteiger partial charge in [-0.1, -0.05) is 121 Å². The summed E-state index contributed by atoms with van der Waals surface area (Å²) in [6.07, 6.45) is 21.4. The van der Waals surface area contributed by atoms with Crippen LogP contribution in [-0.4, -0.2) is 46.5 Å². The first-order chi connectivity index (χ1) is 52.4. The van der Waals surface area contributed by atoms with Crippen LogP contribution in [0, 0.1) is 0 Å². The summed E-state index contributed by atoms with van der Waals surface area (Å²) < 4.78 is 32.1. The molecule has 20 rings (SSSR count). The van der Waals surface area contributed by atoms with Crippen molar-refractivity contribution in [1.29, 1.82) is 0 Å². The fourth-order valence-corrected chi connectivity index (χ4v) is 15.8. The molecule has 512 valence electrons. The third-order valence-corrected chi connectivity index (χ3v) is 21.0. The molecule has 0 atom stereocenters. The van der Waals surface area contributed by atoms with Gasteiger partial charge in [0.15, 0.2) is 66.2 Å². The Morgan fingerprint density at radius 3 is 0.717 bits per heavy atom. The van der Waals surface area contributed by atoms with Crippen LogP contribution in [0.1, 0.15) is 25.7 Å². The predicted octanol–water partition coefficient (Wildman–Crippen LogP) is 15.5. The van der Waals surface area contributed by atoms with Gasteiger partial charge in [0.05, 0.1) is 73.7 Å². The van der Waals surface area contributed by atoms with Crippen LogP contribution in [-0.2, 0) is 40.3 Å². The van der Waals surface area contributed by atoms with E-state index in [1.807, 2.05) is 24.8 Å². The summed E-state index contributed by atoms with van der Waals surface area (Å²) in [4.78, 5) is 9.23. The molecule has 0 fully saturated rings. The van der Waals surface area contributed by atoms with Gasteiger partial charge >= 0.3 is 0 Å². The van der Waals surface area contributed by atoms with E-state index in [4.69, 9.17) is 0 Å². The summed E-state index contributed by atoms with van der Waals surface area (Å²) in [6, 6.07) is 104. The first kappa shape index (κ1) is 63.3. The van der Waals surface area contributed by atoms with Crippen LogP contribution in [0.5, 0.6) is 0 Å². The number of fused-ring (bicyclic) bond motifs is 8. The molecule has 0 aliphatic rings. The van der Waals surface area contributed by atoms with Gasteiger partial charge in [0.25, 0.3) is 0 Å². The third kappa shape index (κ3) is 11.5. The average Bonchev–Trinajstić information content (AvgIpc) is 1.60. The number of hydrogen-bond acceptors (Lipinski definition) is 2. The van der Waals surface area contributed by atoms with Crippen LogP contribution < -0.4 is 27.4 Å². The molecule has 0 spiro atoms. The summed E-state index contributed by atoms with van der Waals surface area (Å²) in [5, 5.41) is 0. The second kappa shape index (κ2) is 27.0. The number of benzene rings is 12. The molecule has 0 saturated heterocycles. The molecule has 8 aromatic heterocycles. The molecular formula is C90H78N16+6. The van der Waals surface area contributed by atoms with Crippen LogP contribution in [0.25, 0.3) is 134 Å². The van der Waals surface area contributed by atoms with Crippen molar-refractivity contribution in [1.82, 2.24) is 46.5 Å². The zero-order valence-electron chi connectivity index (χ0n) is 59.1. The molecule has 0 unspecified atom stereocenters. The van der Waals surface area contributed by atoms with Gasteiger partial charge in [-0.3, -0.25) is 9.13 Å². The minimum Gasteiger partial charge on any atom is -0.299 e. The molecule has 8 heterocycles. The lowest BCUT2D eigenvalue weighted by atomic mass is 10.2. The van der Waals surface area contributed by atoms with Gasteiger partial charge in [-0.15, -0.1) is 0 Å². The molecule has 0 N–H and O–H groups in total. The van der Waals surface area contributed by atoms with Crippen molar-refractivity contribution < 1.29 is 27.4 Å². The van der Waals surface area contributed by atoms with Crippen LogP contribution in [0.15, 0.2) is 342 Å². The fourth-order valence-electron chi connectivity index (χ4n) is 15.8. The Bertz CT molecular complexity index is 6280. The molecule has 0 saturated carbocycles. The van der Waals surface area contributed by atoms with Gasteiger partial charge < -0.3 is 0 Å². The van der Waals surface area contributed by atoms with Gasteiger partial charge in [-0.25, -0.2) is 37.4 Å². The second-order valence-corrected chi connectivity index (χ2v) is 27.5. The maximum atomic E-state index is 4.62. The van der Waals surface area contributed by atoms with Crippen molar-refractivity contribution in [2.24, 2.45) is 14.1 Å². The number of para-hydroxylation sites is 16. The van der Waals surface area contributed by atoms with Gasteiger partial charge in [-0.05, 0) is 171 Å². The van der Waals surface area contributed by atoms with Crippen molar-refractivity contribution >= 4 is 88.3 Å². The molecule has 12 aromatic carbocycles. The van der Waals surface area contributed by atoms with E-state index < -0.39 is 0 Å². The maximum absolute atomic E-state index is 4.62. The Morgan fingerprint density at radius 2 is 0.434 bits per heavy atom. The molecule has 0 aliphatic heterocycles. The van der Waals surface area contributed by atoms with Gasteiger partial charge in [0, 0.05) is 24.3 Å². The lowest BCUT2D eigenvalue weighted by Crippen LogP contribution is -2.35. The molecule has 0 aliphatic carbocycles. The van der Waals surface area contributed by atoms with Crippen molar-refractivity contribution in [3.05, 3.63) is 342 Å². The van der Waals surface area contributed by atoms with Crippen LogP contribution in [0.2, 0.25) is 0 Å². The maximum Gasteiger partial charge on any atom is 0.249 e. The number of imidazole rings is 8. The lowest BCUT2D eigenvalue weighted by Gasteiger charge is -2.06. The molecule has 0 amide bonds. The first-order valence-corrected chi connectivity index (χ1v) is 36.6. The van der Waals surface area contributed by atoms with Crippen molar-refractivity contribution in [2.45, 2.75) is 51.9 Å². The van der Waals surface area contributed by atoms with Crippen LogP contribution in [0.4, 0.5) is 0 Å². The van der Waals surface area contributed by atoms with E-state index >= 15 is 0 Å². The van der Waals surface area contributed by atoms with E-state index in [0.29, 0.717) is 0 Å². The molecular weight excluding hydrogens is 1310 g/mol. The van der Waals surface area contributed by atoms with Crippen molar-refractivity contribution in [2.75, 3.05) is 0 Å². The van der Waals surface area contributed by atoms with Gasteiger partial charge in [-0.2, -0.15) is 27.4 Å². The normalized spacial score (nSPS) is 11.8. The SMILES string of the molecule is C[n+]1cn(-c2cccc(-n3c[n+](CCCC[n+]4cn(-c5cccc(-n6c[n+](C)c7ccccc76)c5)c5ccccc54)c4ccccc43)c2)c2ccccc21.c1cc(-n2cnc3ccccc32)cc(-n2c[n+](CCCC[n+]3cn(-c4cccc(-n5cnc6ccccc65)c4)c4ccccc43)c3ccccc32)c1. The summed E-state index contributed by atoms with van der Waals surface area (Å²) in [7, 11) is 4.21. The minimum atomic E-state index is 0.930. The molecule has 20 aromatic rings. The first-order valence-electron chi connectivity index (χ1n) is 36.6. The predicted molar refractivity (Wildman–Crippen MR) is 418 cm³/mol. The highest BCUT2D eigenvalue weighted by atomic mass is 15.2. The average molecular weight is 1380 g/mol. The second-order valence-electron chi connectivity index (χ2n) is 27.5. The molecule has 106 heavy (non-hydrogen) atoms. The highest BCUT2D eigenvalue weighted by molar-refractivity contribution is 5.82. The van der Waals surface area contributed by atoms with Crippen LogP contribution in [0.3, 0.4) is 0 Å². The number of aryl methyl sites for hydroxylation is 6. The highest BCUT2D eigenvalue weighted by Gasteiger charge is 2.25. The largest absolute Gasteiger partial charge is 0.299 e. The Labute approximate surface area is 612 Å². The molecule has 0 bridgehead atoms. The summed E-state index contributed by atoms with van der Waals surface area (Å²) >= 11 is 0. The monoisotopic (exact) mass is 1380 g/mol. The third-order valence-electron chi connectivity index (χ3n) is 21.0. The number of rotatable bonds is 18. The topological polar surface area (TPSA) is 88.5 Å². The lowest BCUT2D eigenvalue weighted by molar-refractivity contribution is -0.683. The Balaban J connectivity index is 0.000000145. The highest BCUT2D eigenvalue weighted by Crippen LogP contribution is 2.29. The standard InChI is InChI=1S/C46H42N8.C44H36N8/c1-47-31-51(43-23-7-3-19-39(43)47)35-15-13-17-37(29-35)53-33-49(41-21-5-9-25-45(41)53)27-11-12-28-50-34-54(46-26-10-6-22-42(46)50)38-18-14-16-36(30-38)52-32-48(2)40-20-4-8-24-44(40)52;1-3-19-39-37(17-1)45-29-49(39)33-13-11-15-35(27-33)51-31-47(41-21-5-7-23-43(41)51)25-9-10-26-48-32-52(44-24-8-6-22-42(44)48)36-16-12-14-34(28-36)50-30-46-38-18-2-4-20-40(38)50/h3-10,13-26,29-34H,11-12,27-28H2,1-2H3;1-8,11-24,27-32H,9-10,25-26H2/q+4;+2. The Morgan fingerprint density at radius 1 is 0.217 bits per heavy atom. The quantitative estimate of drug-likeness (QED) is 0.0633.